The van der Waals surface area contributed by atoms with E-state index in [4.69, 9.17) is 33.0 Å². The Morgan fingerprint density at radius 1 is 1.33 bits per heavy atom. The van der Waals surface area contributed by atoms with Crippen molar-refractivity contribution in [3.05, 3.63) is 27.7 Å². The number of rotatable bonds is 4. The van der Waals surface area contributed by atoms with Crippen molar-refractivity contribution in [1.82, 2.24) is 0 Å². The van der Waals surface area contributed by atoms with Crippen LogP contribution in [0.1, 0.15) is 18.1 Å². The molecule has 1 atom stereocenters. The van der Waals surface area contributed by atoms with Crippen LogP contribution >= 0.6 is 23.2 Å². The molecular formula is C10H12Cl2O3. The van der Waals surface area contributed by atoms with Crippen LogP contribution in [-0.2, 0) is 0 Å². The summed E-state index contributed by atoms with van der Waals surface area (Å²) in [6.07, 6.45) is -0.589. The number of aliphatic hydroxyl groups is 2. The van der Waals surface area contributed by atoms with E-state index in [0.717, 1.165) is 0 Å². The topological polar surface area (TPSA) is 49.7 Å². The fourth-order valence-electron chi connectivity index (χ4n) is 1.23. The first-order valence-corrected chi connectivity index (χ1v) is 5.17. The lowest BCUT2D eigenvalue weighted by molar-refractivity contribution is 0.134. The summed E-state index contributed by atoms with van der Waals surface area (Å²) >= 11 is 11.8. The molecule has 15 heavy (non-hydrogen) atoms. The maximum Gasteiger partial charge on any atom is 0.138 e. The van der Waals surface area contributed by atoms with Crippen LogP contribution in [0.25, 0.3) is 0 Å². The van der Waals surface area contributed by atoms with E-state index in [1.165, 1.54) is 7.11 Å². The summed E-state index contributed by atoms with van der Waals surface area (Å²) in [5.74, 6) is 0.460. The molecule has 1 aromatic rings. The largest absolute Gasteiger partial charge is 0.495 e. The van der Waals surface area contributed by atoms with E-state index in [1.54, 1.807) is 12.1 Å². The third-order valence-electron chi connectivity index (χ3n) is 2.03. The molecule has 3 nitrogen and oxygen atoms in total. The van der Waals surface area contributed by atoms with Gasteiger partial charge in [0, 0.05) is 24.7 Å². The Labute approximate surface area is 98.2 Å². The quantitative estimate of drug-likeness (QED) is 0.863. The molecule has 0 bridgehead atoms. The van der Waals surface area contributed by atoms with E-state index >= 15 is 0 Å². The van der Waals surface area contributed by atoms with Crippen molar-refractivity contribution in [2.24, 2.45) is 0 Å². The number of halogens is 2. The Kier molecular flexibility index (Phi) is 4.67. The molecule has 1 unspecified atom stereocenters. The maximum atomic E-state index is 9.65. The van der Waals surface area contributed by atoms with Crippen LogP contribution in [-0.4, -0.2) is 23.9 Å². The summed E-state index contributed by atoms with van der Waals surface area (Å²) in [7, 11) is 1.49. The van der Waals surface area contributed by atoms with Gasteiger partial charge in [-0.15, -0.1) is 0 Å². The number of aliphatic hydroxyl groups excluding tert-OH is 2. The molecule has 0 fully saturated rings. The predicted molar refractivity (Wildman–Crippen MR) is 59.7 cm³/mol. The van der Waals surface area contributed by atoms with Crippen LogP contribution in [0.5, 0.6) is 5.75 Å². The third kappa shape index (κ3) is 2.98. The molecule has 5 heteroatoms. The van der Waals surface area contributed by atoms with Crippen LogP contribution in [0.15, 0.2) is 12.1 Å². The van der Waals surface area contributed by atoms with Gasteiger partial charge in [0.2, 0.25) is 0 Å². The van der Waals surface area contributed by atoms with Crippen LogP contribution in [0.2, 0.25) is 10.0 Å². The van der Waals surface area contributed by atoms with Gasteiger partial charge in [0.05, 0.1) is 23.3 Å². The highest BCUT2D eigenvalue weighted by molar-refractivity contribution is 6.34. The van der Waals surface area contributed by atoms with Gasteiger partial charge in [-0.3, -0.25) is 0 Å². The Morgan fingerprint density at radius 2 is 2.00 bits per heavy atom. The Hall–Kier alpha value is -0.480. The minimum atomic E-state index is -0.814. The third-order valence-corrected chi connectivity index (χ3v) is 2.66. The highest BCUT2D eigenvalue weighted by Crippen LogP contribution is 2.34. The molecule has 0 heterocycles. The molecule has 0 saturated heterocycles. The molecule has 84 valence electrons. The van der Waals surface area contributed by atoms with Gasteiger partial charge in [-0.05, 0) is 6.07 Å². The molecule has 0 spiro atoms. The Bertz CT molecular complexity index is 342. The molecule has 0 saturated carbocycles. The molecule has 1 rings (SSSR count). The molecule has 0 radical (unpaired) electrons. The monoisotopic (exact) mass is 250 g/mol. The predicted octanol–water partition coefficient (Wildman–Crippen LogP) is 2.42. The summed E-state index contributed by atoms with van der Waals surface area (Å²) in [4.78, 5) is 0. The molecule has 2 N–H and O–H groups in total. The van der Waals surface area contributed by atoms with Crippen molar-refractivity contribution in [3.63, 3.8) is 0 Å². The van der Waals surface area contributed by atoms with Crippen molar-refractivity contribution in [1.29, 1.82) is 0 Å². The maximum absolute atomic E-state index is 9.65. The zero-order valence-electron chi connectivity index (χ0n) is 8.20. The van der Waals surface area contributed by atoms with E-state index in [1.807, 2.05) is 0 Å². The van der Waals surface area contributed by atoms with Gasteiger partial charge in [-0.2, -0.15) is 0 Å². The first-order chi connectivity index (χ1) is 7.10. The Morgan fingerprint density at radius 3 is 2.53 bits per heavy atom. The fraction of sp³-hybridized carbons (Fsp3) is 0.400. The summed E-state index contributed by atoms with van der Waals surface area (Å²) in [6, 6.07) is 3.09. The number of hydrogen-bond acceptors (Lipinski definition) is 3. The average molecular weight is 251 g/mol. The lowest BCUT2D eigenvalue weighted by atomic mass is 10.1. The lowest BCUT2D eigenvalue weighted by Crippen LogP contribution is -2.01. The van der Waals surface area contributed by atoms with Crippen molar-refractivity contribution >= 4 is 23.2 Å². The van der Waals surface area contributed by atoms with E-state index < -0.39 is 6.10 Å². The van der Waals surface area contributed by atoms with Crippen LogP contribution in [0.4, 0.5) is 0 Å². The smallest absolute Gasteiger partial charge is 0.138 e. The molecular weight excluding hydrogens is 239 g/mol. The number of benzene rings is 1. The molecule has 0 amide bonds. The minimum absolute atomic E-state index is 0.110. The second-order valence-electron chi connectivity index (χ2n) is 3.04. The highest BCUT2D eigenvalue weighted by Gasteiger charge is 2.14. The molecule has 0 aromatic heterocycles. The van der Waals surface area contributed by atoms with Crippen LogP contribution < -0.4 is 4.74 Å². The van der Waals surface area contributed by atoms with Gasteiger partial charge in [0.15, 0.2) is 0 Å². The molecule has 1 aromatic carbocycles. The average Bonchev–Trinajstić information content (AvgIpc) is 2.21. The van der Waals surface area contributed by atoms with E-state index in [9.17, 15) is 5.11 Å². The van der Waals surface area contributed by atoms with Crippen molar-refractivity contribution < 1.29 is 14.9 Å². The van der Waals surface area contributed by atoms with Crippen LogP contribution in [0, 0.1) is 0 Å². The minimum Gasteiger partial charge on any atom is -0.495 e. The zero-order valence-corrected chi connectivity index (χ0v) is 9.72. The number of methoxy groups -OCH3 is 1. The standard InChI is InChI=1S/C10H12Cl2O3/c1-15-10-5-7(11)6(4-8(10)12)9(14)2-3-13/h4-5,9,13-14H,2-3H2,1H3. The lowest BCUT2D eigenvalue weighted by Gasteiger charge is -2.13. The van der Waals surface area contributed by atoms with E-state index in [0.29, 0.717) is 21.4 Å². The first kappa shape index (κ1) is 12.6. The molecule has 0 aliphatic heterocycles. The summed E-state index contributed by atoms with van der Waals surface area (Å²) in [5.41, 5.74) is 0.497. The van der Waals surface area contributed by atoms with Gasteiger partial charge in [-0.1, -0.05) is 23.2 Å². The molecule has 0 aliphatic rings. The summed E-state index contributed by atoms with van der Waals surface area (Å²) in [5, 5.41) is 19.1. The SMILES string of the molecule is COc1cc(Cl)c(C(O)CCO)cc1Cl. The van der Waals surface area contributed by atoms with Gasteiger partial charge in [0.25, 0.3) is 0 Å². The van der Waals surface area contributed by atoms with Crippen molar-refractivity contribution in [3.8, 4) is 5.75 Å². The second-order valence-corrected chi connectivity index (χ2v) is 3.85. The van der Waals surface area contributed by atoms with Crippen molar-refractivity contribution in [2.45, 2.75) is 12.5 Å². The van der Waals surface area contributed by atoms with Gasteiger partial charge in [0.1, 0.15) is 5.75 Å². The summed E-state index contributed by atoms with van der Waals surface area (Å²) < 4.78 is 4.97. The fourth-order valence-corrected chi connectivity index (χ4v) is 1.76. The van der Waals surface area contributed by atoms with E-state index in [-0.39, 0.29) is 13.0 Å². The summed E-state index contributed by atoms with van der Waals surface area (Å²) in [6.45, 7) is -0.110. The second kappa shape index (κ2) is 5.56. The van der Waals surface area contributed by atoms with Gasteiger partial charge < -0.3 is 14.9 Å². The first-order valence-electron chi connectivity index (χ1n) is 4.42. The van der Waals surface area contributed by atoms with Crippen LogP contribution in [0.3, 0.4) is 0 Å². The zero-order chi connectivity index (χ0) is 11.4. The highest BCUT2D eigenvalue weighted by atomic mass is 35.5. The van der Waals surface area contributed by atoms with Gasteiger partial charge in [-0.25, -0.2) is 0 Å². The Balaban J connectivity index is 3.04. The number of hydrogen-bond donors (Lipinski definition) is 2. The number of ether oxygens (including phenoxy) is 1. The van der Waals surface area contributed by atoms with Gasteiger partial charge >= 0.3 is 0 Å². The molecule has 0 aliphatic carbocycles. The van der Waals surface area contributed by atoms with E-state index in [2.05, 4.69) is 0 Å². The normalized spacial score (nSPS) is 12.6. The van der Waals surface area contributed by atoms with Crippen molar-refractivity contribution in [2.75, 3.05) is 13.7 Å².